The number of carbonyl (C=O) groups excluding carboxylic acids is 1. The van der Waals surface area contributed by atoms with E-state index in [0.29, 0.717) is 13.0 Å². The van der Waals surface area contributed by atoms with Crippen molar-refractivity contribution in [1.82, 2.24) is 4.90 Å². The van der Waals surface area contributed by atoms with Crippen molar-refractivity contribution < 1.29 is 4.79 Å². The van der Waals surface area contributed by atoms with Gasteiger partial charge in [0, 0.05) is 19.0 Å². The highest BCUT2D eigenvalue weighted by atomic mass is 16.2. The number of rotatable bonds is 5. The highest BCUT2D eigenvalue weighted by Gasteiger charge is 2.28. The Morgan fingerprint density at radius 3 is 2.86 bits per heavy atom. The van der Waals surface area contributed by atoms with Crippen molar-refractivity contribution in [3.8, 4) is 6.07 Å². The molecule has 0 aromatic heterocycles. The van der Waals surface area contributed by atoms with E-state index in [-0.39, 0.29) is 18.0 Å². The van der Waals surface area contributed by atoms with Gasteiger partial charge in [0.2, 0.25) is 5.91 Å². The molecular weight excluding hydrogens is 262 g/mol. The number of carbonyl (C=O) groups is 1. The monoisotopic (exact) mass is 285 g/mol. The van der Waals surface area contributed by atoms with Crippen LogP contribution in [-0.2, 0) is 11.2 Å². The number of aryl methyl sites for hydroxylation is 2. The van der Waals surface area contributed by atoms with Crippen LogP contribution in [0.4, 0.5) is 0 Å². The molecule has 1 amide bonds. The van der Waals surface area contributed by atoms with Crippen molar-refractivity contribution in [2.45, 2.75) is 51.1 Å². The van der Waals surface area contributed by atoms with Crippen molar-refractivity contribution in [2.75, 3.05) is 6.54 Å². The maximum Gasteiger partial charge on any atom is 0.225 e. The average molecular weight is 285 g/mol. The molecule has 2 atom stereocenters. The Bertz CT molecular complexity index is 518. The van der Waals surface area contributed by atoms with E-state index in [1.54, 1.807) is 4.90 Å². The molecule has 2 N–H and O–H groups in total. The van der Waals surface area contributed by atoms with Gasteiger partial charge in [-0.05, 0) is 38.2 Å². The number of amides is 1. The van der Waals surface area contributed by atoms with E-state index < -0.39 is 0 Å². The molecule has 112 valence electrons. The largest absolute Gasteiger partial charge is 0.327 e. The first-order valence-electron chi connectivity index (χ1n) is 7.60. The third kappa shape index (κ3) is 4.30. The molecule has 0 aliphatic carbocycles. The van der Waals surface area contributed by atoms with Crippen molar-refractivity contribution in [3.05, 3.63) is 35.4 Å². The molecular formula is C17H23N3O. The predicted molar refractivity (Wildman–Crippen MR) is 82.4 cm³/mol. The van der Waals surface area contributed by atoms with Gasteiger partial charge in [0.25, 0.3) is 0 Å². The van der Waals surface area contributed by atoms with E-state index in [9.17, 15) is 4.79 Å². The second kappa shape index (κ2) is 7.24. The topological polar surface area (TPSA) is 70.1 Å². The first-order chi connectivity index (χ1) is 10.1. The van der Waals surface area contributed by atoms with Crippen molar-refractivity contribution >= 4 is 5.91 Å². The lowest BCUT2D eigenvalue weighted by Crippen LogP contribution is -2.38. The first kappa shape index (κ1) is 15.5. The summed E-state index contributed by atoms with van der Waals surface area (Å²) >= 11 is 0. The lowest BCUT2D eigenvalue weighted by atomic mass is 10.0. The SMILES string of the molecule is Cc1ccc(CCC(N)CC(=O)N2CCC[C@H]2C#N)cc1. The Labute approximate surface area is 126 Å². The Balaban J connectivity index is 1.79. The lowest BCUT2D eigenvalue weighted by Gasteiger charge is -2.21. The minimum Gasteiger partial charge on any atom is -0.327 e. The predicted octanol–water partition coefficient (Wildman–Crippen LogP) is 2.16. The molecule has 4 heteroatoms. The first-order valence-corrected chi connectivity index (χ1v) is 7.60. The number of hydrogen-bond acceptors (Lipinski definition) is 3. The van der Waals surface area contributed by atoms with E-state index in [1.165, 1.54) is 11.1 Å². The summed E-state index contributed by atoms with van der Waals surface area (Å²) in [7, 11) is 0. The van der Waals surface area contributed by atoms with Crippen LogP contribution in [0.2, 0.25) is 0 Å². The van der Waals surface area contributed by atoms with Gasteiger partial charge in [0.15, 0.2) is 0 Å². The molecule has 1 aromatic carbocycles. The molecule has 0 spiro atoms. The minimum absolute atomic E-state index is 0.0236. The lowest BCUT2D eigenvalue weighted by molar-refractivity contribution is -0.131. The zero-order valence-corrected chi connectivity index (χ0v) is 12.6. The maximum absolute atomic E-state index is 12.2. The third-order valence-corrected chi connectivity index (χ3v) is 4.08. The van der Waals surface area contributed by atoms with E-state index in [1.807, 2.05) is 0 Å². The van der Waals surface area contributed by atoms with Gasteiger partial charge < -0.3 is 10.6 Å². The van der Waals surface area contributed by atoms with Crippen LogP contribution in [0.5, 0.6) is 0 Å². The molecule has 1 aliphatic rings. The van der Waals surface area contributed by atoms with E-state index >= 15 is 0 Å². The second-order valence-electron chi connectivity index (χ2n) is 5.86. The standard InChI is InChI=1S/C17H23N3O/c1-13-4-6-14(7-5-13)8-9-15(19)11-17(21)20-10-2-3-16(20)12-18/h4-7,15-16H,2-3,8-11,19H2,1H3/t15?,16-/m0/s1. The van der Waals surface area contributed by atoms with Crippen molar-refractivity contribution in [1.29, 1.82) is 5.26 Å². The van der Waals surface area contributed by atoms with Gasteiger partial charge in [-0.15, -0.1) is 0 Å². The van der Waals surface area contributed by atoms with Gasteiger partial charge in [0.1, 0.15) is 6.04 Å². The van der Waals surface area contributed by atoms with Gasteiger partial charge in [0.05, 0.1) is 6.07 Å². The van der Waals surface area contributed by atoms with E-state index in [4.69, 9.17) is 11.0 Å². The van der Waals surface area contributed by atoms with Crippen LogP contribution in [0.25, 0.3) is 0 Å². The second-order valence-corrected chi connectivity index (χ2v) is 5.86. The van der Waals surface area contributed by atoms with Crippen LogP contribution in [0.15, 0.2) is 24.3 Å². The van der Waals surface area contributed by atoms with Crippen LogP contribution in [0.1, 0.15) is 36.8 Å². The zero-order chi connectivity index (χ0) is 15.2. The van der Waals surface area contributed by atoms with Crippen LogP contribution < -0.4 is 5.73 Å². The fourth-order valence-corrected chi connectivity index (χ4v) is 2.75. The fourth-order valence-electron chi connectivity index (χ4n) is 2.75. The summed E-state index contributed by atoms with van der Waals surface area (Å²) in [4.78, 5) is 13.9. The summed E-state index contributed by atoms with van der Waals surface area (Å²) in [5, 5.41) is 9.02. The number of benzene rings is 1. The third-order valence-electron chi connectivity index (χ3n) is 4.08. The van der Waals surface area contributed by atoms with E-state index in [2.05, 4.69) is 37.3 Å². The zero-order valence-electron chi connectivity index (χ0n) is 12.6. The van der Waals surface area contributed by atoms with Crippen LogP contribution in [0, 0.1) is 18.3 Å². The molecule has 0 radical (unpaired) electrons. The molecule has 1 aromatic rings. The number of likely N-dealkylation sites (tertiary alicyclic amines) is 1. The maximum atomic E-state index is 12.2. The molecule has 1 unspecified atom stereocenters. The number of hydrogen-bond donors (Lipinski definition) is 1. The molecule has 1 fully saturated rings. The molecule has 21 heavy (non-hydrogen) atoms. The summed E-state index contributed by atoms with van der Waals surface area (Å²) in [5.41, 5.74) is 8.57. The molecule has 4 nitrogen and oxygen atoms in total. The van der Waals surface area contributed by atoms with Crippen molar-refractivity contribution in [3.63, 3.8) is 0 Å². The molecule has 2 rings (SSSR count). The fraction of sp³-hybridized carbons (Fsp3) is 0.529. The van der Waals surface area contributed by atoms with E-state index in [0.717, 1.165) is 25.7 Å². The van der Waals surface area contributed by atoms with Crippen LogP contribution in [-0.4, -0.2) is 29.4 Å². The number of nitrogens with zero attached hydrogens (tertiary/aromatic N) is 2. The van der Waals surface area contributed by atoms with Gasteiger partial charge in [-0.1, -0.05) is 29.8 Å². The molecule has 1 saturated heterocycles. The van der Waals surface area contributed by atoms with Crippen molar-refractivity contribution in [2.24, 2.45) is 5.73 Å². The Hall–Kier alpha value is -1.86. The summed E-state index contributed by atoms with van der Waals surface area (Å²) in [5.74, 6) is 0.0236. The summed E-state index contributed by atoms with van der Waals surface area (Å²) in [6, 6.07) is 10.2. The van der Waals surface area contributed by atoms with Gasteiger partial charge >= 0.3 is 0 Å². The highest BCUT2D eigenvalue weighted by molar-refractivity contribution is 5.77. The minimum atomic E-state index is -0.248. The molecule has 1 heterocycles. The number of nitrogens with two attached hydrogens (primary N) is 1. The Morgan fingerprint density at radius 1 is 1.48 bits per heavy atom. The molecule has 0 bridgehead atoms. The van der Waals surface area contributed by atoms with Gasteiger partial charge in [-0.25, -0.2) is 0 Å². The van der Waals surface area contributed by atoms with Crippen LogP contribution >= 0.6 is 0 Å². The summed E-state index contributed by atoms with van der Waals surface area (Å²) in [6.45, 7) is 2.76. The summed E-state index contributed by atoms with van der Waals surface area (Å²) < 4.78 is 0. The quantitative estimate of drug-likeness (QED) is 0.901. The van der Waals surface area contributed by atoms with Crippen LogP contribution in [0.3, 0.4) is 0 Å². The number of nitriles is 1. The average Bonchev–Trinajstić information content (AvgIpc) is 2.95. The highest BCUT2D eigenvalue weighted by Crippen LogP contribution is 2.18. The Morgan fingerprint density at radius 2 is 2.19 bits per heavy atom. The van der Waals surface area contributed by atoms with Gasteiger partial charge in [-0.3, -0.25) is 4.79 Å². The normalized spacial score (nSPS) is 19.3. The molecule has 1 aliphatic heterocycles. The molecule has 0 saturated carbocycles. The van der Waals surface area contributed by atoms with Gasteiger partial charge in [-0.2, -0.15) is 5.26 Å². The Kier molecular flexibility index (Phi) is 5.35. The smallest absolute Gasteiger partial charge is 0.225 e. The summed E-state index contributed by atoms with van der Waals surface area (Å²) in [6.07, 6.45) is 3.73.